The van der Waals surface area contributed by atoms with Crippen LogP contribution < -0.4 is 14.8 Å². The number of aryl methyl sites for hydroxylation is 1. The van der Waals surface area contributed by atoms with E-state index in [2.05, 4.69) is 20.1 Å². The van der Waals surface area contributed by atoms with Crippen molar-refractivity contribution in [2.24, 2.45) is 0 Å². The van der Waals surface area contributed by atoms with Crippen molar-refractivity contribution in [1.29, 1.82) is 0 Å². The van der Waals surface area contributed by atoms with Crippen molar-refractivity contribution in [3.63, 3.8) is 0 Å². The number of carbonyl (C=O) groups is 2. The van der Waals surface area contributed by atoms with E-state index in [-0.39, 0.29) is 18.6 Å². The summed E-state index contributed by atoms with van der Waals surface area (Å²) in [5.41, 5.74) is 3.88. The van der Waals surface area contributed by atoms with Gasteiger partial charge < -0.3 is 24.3 Å². The van der Waals surface area contributed by atoms with Crippen LogP contribution in [0.5, 0.6) is 11.5 Å². The minimum atomic E-state index is -0.264. The number of piperidine rings is 1. The van der Waals surface area contributed by atoms with Crippen molar-refractivity contribution in [3.8, 4) is 22.9 Å². The van der Waals surface area contributed by atoms with Crippen LogP contribution in [-0.2, 0) is 13.0 Å². The Bertz CT molecular complexity index is 1220. The van der Waals surface area contributed by atoms with Gasteiger partial charge in [-0.1, -0.05) is 0 Å². The van der Waals surface area contributed by atoms with E-state index in [1.165, 1.54) is 6.42 Å². The number of benzene rings is 1. The Morgan fingerprint density at radius 2 is 1.84 bits per heavy atom. The standard InChI is InChI=1S/C23H23N5O4/c29-22(14-4-5-18-19(11-14)32-13-31-18)24-21-16-6-9-28-12-15(10-17(28)20(16)25-26-21)23(30)27-7-2-1-3-8-27/h4-5,10-12H,1-3,6-9,13H2,(H2,24,25,26,29). The molecule has 164 valence electrons. The van der Waals surface area contributed by atoms with E-state index < -0.39 is 0 Å². The lowest BCUT2D eigenvalue weighted by Crippen LogP contribution is -2.35. The maximum absolute atomic E-state index is 12.9. The summed E-state index contributed by atoms with van der Waals surface area (Å²) in [4.78, 5) is 27.7. The molecule has 0 aliphatic carbocycles. The predicted octanol–water partition coefficient (Wildman–Crippen LogP) is 3.04. The van der Waals surface area contributed by atoms with Crippen molar-refractivity contribution >= 4 is 17.6 Å². The van der Waals surface area contributed by atoms with Gasteiger partial charge in [0.25, 0.3) is 11.8 Å². The lowest BCUT2D eigenvalue weighted by atomic mass is 10.1. The van der Waals surface area contributed by atoms with Gasteiger partial charge in [0, 0.05) is 37.0 Å². The molecule has 3 aliphatic heterocycles. The van der Waals surface area contributed by atoms with E-state index in [9.17, 15) is 9.59 Å². The minimum absolute atomic E-state index is 0.0870. The Morgan fingerprint density at radius 3 is 2.72 bits per heavy atom. The molecule has 0 radical (unpaired) electrons. The summed E-state index contributed by atoms with van der Waals surface area (Å²) in [5.74, 6) is 1.53. The summed E-state index contributed by atoms with van der Waals surface area (Å²) < 4.78 is 12.7. The van der Waals surface area contributed by atoms with Crippen molar-refractivity contribution in [3.05, 3.63) is 47.2 Å². The number of fused-ring (bicyclic) bond motifs is 4. The van der Waals surface area contributed by atoms with Gasteiger partial charge in [0.15, 0.2) is 17.3 Å². The van der Waals surface area contributed by atoms with Gasteiger partial charge in [-0.15, -0.1) is 0 Å². The molecular formula is C23H23N5O4. The maximum atomic E-state index is 12.9. The largest absolute Gasteiger partial charge is 0.454 e. The van der Waals surface area contributed by atoms with Crippen LogP contribution in [0.25, 0.3) is 11.4 Å². The zero-order valence-corrected chi connectivity index (χ0v) is 17.5. The first-order valence-electron chi connectivity index (χ1n) is 11.0. The summed E-state index contributed by atoms with van der Waals surface area (Å²) in [5, 5.41) is 10.3. The molecule has 0 atom stereocenters. The van der Waals surface area contributed by atoms with E-state index in [1.54, 1.807) is 18.2 Å². The van der Waals surface area contributed by atoms with Crippen LogP contribution in [0.1, 0.15) is 45.5 Å². The Morgan fingerprint density at radius 1 is 1.00 bits per heavy atom. The van der Waals surface area contributed by atoms with Gasteiger partial charge in [0.05, 0.1) is 17.0 Å². The lowest BCUT2D eigenvalue weighted by Gasteiger charge is -2.26. The van der Waals surface area contributed by atoms with Crippen LogP contribution in [0.4, 0.5) is 5.82 Å². The molecular weight excluding hydrogens is 410 g/mol. The second kappa shape index (κ2) is 7.44. The number of aromatic amines is 1. The highest BCUT2D eigenvalue weighted by Gasteiger charge is 2.27. The van der Waals surface area contributed by atoms with Gasteiger partial charge in [0.1, 0.15) is 0 Å². The molecule has 3 aromatic rings. The number of rotatable bonds is 3. The van der Waals surface area contributed by atoms with Crippen LogP contribution >= 0.6 is 0 Å². The van der Waals surface area contributed by atoms with Crippen LogP contribution in [0, 0.1) is 0 Å². The first-order valence-corrected chi connectivity index (χ1v) is 11.0. The van der Waals surface area contributed by atoms with Crippen molar-refractivity contribution in [2.45, 2.75) is 32.2 Å². The highest BCUT2D eigenvalue weighted by molar-refractivity contribution is 6.05. The Balaban J connectivity index is 1.24. The molecule has 6 rings (SSSR count). The number of nitrogens with zero attached hydrogens (tertiary/aromatic N) is 3. The molecule has 9 heteroatoms. The number of nitrogens with one attached hydrogen (secondary N) is 2. The summed E-state index contributed by atoms with van der Waals surface area (Å²) in [7, 11) is 0. The molecule has 5 heterocycles. The second-order valence-electron chi connectivity index (χ2n) is 8.36. The van der Waals surface area contributed by atoms with Crippen LogP contribution in [0.15, 0.2) is 30.5 Å². The van der Waals surface area contributed by atoms with E-state index >= 15 is 0 Å². The third-order valence-corrected chi connectivity index (χ3v) is 6.38. The minimum Gasteiger partial charge on any atom is -0.454 e. The fraction of sp³-hybridized carbons (Fsp3) is 0.348. The lowest BCUT2D eigenvalue weighted by molar-refractivity contribution is 0.0724. The van der Waals surface area contributed by atoms with Gasteiger partial charge in [0.2, 0.25) is 6.79 Å². The first kappa shape index (κ1) is 19.0. The third kappa shape index (κ3) is 3.12. The van der Waals surface area contributed by atoms with Gasteiger partial charge in [-0.2, -0.15) is 5.10 Å². The fourth-order valence-corrected chi connectivity index (χ4v) is 4.68. The summed E-state index contributed by atoms with van der Waals surface area (Å²) >= 11 is 0. The van der Waals surface area contributed by atoms with Crippen molar-refractivity contribution in [2.75, 3.05) is 25.2 Å². The van der Waals surface area contributed by atoms with Crippen molar-refractivity contribution < 1.29 is 19.1 Å². The zero-order valence-electron chi connectivity index (χ0n) is 17.5. The molecule has 0 saturated carbocycles. The quantitative estimate of drug-likeness (QED) is 0.661. The highest BCUT2D eigenvalue weighted by Crippen LogP contribution is 2.35. The summed E-state index contributed by atoms with van der Waals surface area (Å²) in [6.07, 6.45) is 5.96. The Kier molecular flexibility index (Phi) is 4.41. The molecule has 2 aromatic heterocycles. The number of aromatic nitrogens is 3. The zero-order chi connectivity index (χ0) is 21.7. The third-order valence-electron chi connectivity index (χ3n) is 6.38. The Hall–Kier alpha value is -3.75. The summed E-state index contributed by atoms with van der Waals surface area (Å²) in [6, 6.07) is 7.02. The number of ether oxygens (including phenoxy) is 2. The van der Waals surface area contributed by atoms with Crippen LogP contribution in [-0.4, -0.2) is 51.4 Å². The molecule has 1 saturated heterocycles. The molecule has 0 unspecified atom stereocenters. The molecule has 3 aliphatic rings. The molecule has 9 nitrogen and oxygen atoms in total. The number of amides is 2. The molecule has 1 aromatic carbocycles. The summed E-state index contributed by atoms with van der Waals surface area (Å²) in [6.45, 7) is 2.53. The Labute approximate surface area is 184 Å². The first-order chi connectivity index (χ1) is 15.7. The van der Waals surface area contributed by atoms with E-state index in [1.807, 2.05) is 17.2 Å². The van der Waals surface area contributed by atoms with Crippen LogP contribution in [0.3, 0.4) is 0 Å². The number of H-pyrrole nitrogens is 1. The molecule has 2 N–H and O–H groups in total. The van der Waals surface area contributed by atoms with E-state index in [4.69, 9.17) is 9.47 Å². The molecule has 0 spiro atoms. The molecule has 32 heavy (non-hydrogen) atoms. The number of likely N-dealkylation sites (tertiary alicyclic amines) is 1. The van der Waals surface area contributed by atoms with Crippen LogP contribution in [0.2, 0.25) is 0 Å². The predicted molar refractivity (Wildman–Crippen MR) is 116 cm³/mol. The molecule has 0 bridgehead atoms. The molecule has 2 amide bonds. The average Bonchev–Trinajstić information content (AvgIpc) is 3.56. The number of hydrogen-bond acceptors (Lipinski definition) is 5. The highest BCUT2D eigenvalue weighted by atomic mass is 16.7. The number of carbonyl (C=O) groups excluding carboxylic acids is 2. The van der Waals surface area contributed by atoms with Gasteiger partial charge in [-0.25, -0.2) is 0 Å². The van der Waals surface area contributed by atoms with Gasteiger partial charge in [-0.05, 0) is 49.9 Å². The smallest absolute Gasteiger partial charge is 0.257 e. The maximum Gasteiger partial charge on any atom is 0.257 e. The van der Waals surface area contributed by atoms with Gasteiger partial charge >= 0.3 is 0 Å². The van der Waals surface area contributed by atoms with E-state index in [0.29, 0.717) is 34.9 Å². The van der Waals surface area contributed by atoms with Crippen molar-refractivity contribution in [1.82, 2.24) is 19.7 Å². The second-order valence-corrected chi connectivity index (χ2v) is 8.36. The topological polar surface area (TPSA) is 101 Å². The average molecular weight is 433 g/mol. The number of hydrogen-bond donors (Lipinski definition) is 2. The molecule has 1 fully saturated rings. The van der Waals surface area contributed by atoms with Gasteiger partial charge in [-0.3, -0.25) is 14.7 Å². The normalized spacial score (nSPS) is 16.4. The number of anilines is 1. The fourth-order valence-electron chi connectivity index (χ4n) is 4.68. The SMILES string of the molecule is O=C(Nc1n[nH]c2c1CCn1cc(C(=O)N3CCCCC3)cc1-2)c1ccc2c(c1)OCO2. The monoisotopic (exact) mass is 433 g/mol. The van der Waals surface area contributed by atoms with E-state index in [0.717, 1.165) is 49.4 Å².